The van der Waals surface area contributed by atoms with Gasteiger partial charge in [0.2, 0.25) is 5.82 Å². The van der Waals surface area contributed by atoms with Crippen LogP contribution in [0.3, 0.4) is 0 Å². The first-order valence-corrected chi connectivity index (χ1v) is 8.43. The van der Waals surface area contributed by atoms with E-state index in [1.165, 1.54) is 16.5 Å². The molecule has 6 nitrogen and oxygen atoms in total. The number of aromatic nitrogens is 2. The first-order chi connectivity index (χ1) is 13.2. The third-order valence-electron chi connectivity index (χ3n) is 3.83. The van der Waals surface area contributed by atoms with E-state index in [-0.39, 0.29) is 23.2 Å². The number of fused-ring (bicyclic) bond motifs is 1. The summed E-state index contributed by atoms with van der Waals surface area (Å²) in [6.45, 7) is 3.58. The quantitative estimate of drug-likeness (QED) is 0.713. The van der Waals surface area contributed by atoms with E-state index >= 15 is 0 Å². The van der Waals surface area contributed by atoms with Crippen molar-refractivity contribution in [2.45, 2.75) is 26.1 Å². The van der Waals surface area contributed by atoms with Crippen LogP contribution >= 0.6 is 0 Å². The molecule has 9 heteroatoms. The second kappa shape index (κ2) is 7.34. The number of halogens is 3. The molecule has 0 saturated carbocycles. The van der Waals surface area contributed by atoms with E-state index < -0.39 is 23.6 Å². The zero-order valence-corrected chi connectivity index (χ0v) is 15.0. The molecule has 0 aliphatic heterocycles. The van der Waals surface area contributed by atoms with E-state index in [1.807, 2.05) is 0 Å². The van der Waals surface area contributed by atoms with Gasteiger partial charge in [0.25, 0.3) is 11.8 Å². The maximum absolute atomic E-state index is 12.9. The Kier molecular flexibility index (Phi) is 5.08. The van der Waals surface area contributed by atoms with E-state index in [0.717, 1.165) is 12.1 Å². The van der Waals surface area contributed by atoms with Crippen LogP contribution in [-0.4, -0.2) is 27.2 Å². The molecule has 0 fully saturated rings. The number of benzene rings is 1. The van der Waals surface area contributed by atoms with E-state index in [1.54, 1.807) is 38.2 Å². The summed E-state index contributed by atoms with van der Waals surface area (Å²) in [5.41, 5.74) is -0.436. The molecule has 0 radical (unpaired) electrons. The molecule has 3 rings (SSSR count). The second-order valence-corrected chi connectivity index (χ2v) is 6.40. The van der Waals surface area contributed by atoms with E-state index in [0.29, 0.717) is 5.52 Å². The molecular formula is C19H17F3N4O2. The summed E-state index contributed by atoms with van der Waals surface area (Å²) in [4.78, 5) is 29.1. The topological polar surface area (TPSA) is 75.5 Å². The number of pyridine rings is 1. The van der Waals surface area contributed by atoms with Crippen molar-refractivity contribution < 1.29 is 22.8 Å². The molecule has 0 saturated heterocycles. The van der Waals surface area contributed by atoms with Gasteiger partial charge in [0.05, 0.1) is 11.1 Å². The minimum atomic E-state index is -4.52. The number of nitrogens with zero attached hydrogens (tertiary/aromatic N) is 2. The molecule has 2 amide bonds. The number of hydrogen-bond acceptors (Lipinski definition) is 3. The average Bonchev–Trinajstić information content (AvgIpc) is 3.00. The lowest BCUT2D eigenvalue weighted by atomic mass is 10.2. The summed E-state index contributed by atoms with van der Waals surface area (Å²) in [6.07, 6.45) is -2.97. The fourth-order valence-corrected chi connectivity index (χ4v) is 2.66. The van der Waals surface area contributed by atoms with Crippen LogP contribution in [0.1, 0.15) is 40.5 Å². The van der Waals surface area contributed by atoms with Crippen LogP contribution in [0, 0.1) is 0 Å². The van der Waals surface area contributed by atoms with Gasteiger partial charge in [-0.25, -0.2) is 4.98 Å². The van der Waals surface area contributed by atoms with Crippen LogP contribution in [0.4, 0.5) is 18.9 Å². The van der Waals surface area contributed by atoms with Crippen molar-refractivity contribution in [2.75, 3.05) is 5.32 Å². The van der Waals surface area contributed by atoms with Crippen LogP contribution in [0.2, 0.25) is 0 Å². The number of rotatable bonds is 4. The lowest BCUT2D eigenvalue weighted by molar-refractivity contribution is -0.137. The monoisotopic (exact) mass is 390 g/mol. The molecule has 0 unspecified atom stereocenters. The van der Waals surface area contributed by atoms with Gasteiger partial charge < -0.3 is 10.6 Å². The first-order valence-electron chi connectivity index (χ1n) is 8.43. The largest absolute Gasteiger partial charge is 0.416 e. The summed E-state index contributed by atoms with van der Waals surface area (Å²) < 4.78 is 40.0. The number of carbonyl (C=O) groups excluding carboxylic acids is 2. The lowest BCUT2D eigenvalue weighted by Crippen LogP contribution is -2.30. The van der Waals surface area contributed by atoms with E-state index in [4.69, 9.17) is 0 Å². The highest BCUT2D eigenvalue weighted by atomic mass is 19.4. The van der Waals surface area contributed by atoms with Gasteiger partial charge in [-0.15, -0.1) is 0 Å². The predicted octanol–water partition coefficient (Wildman–Crippen LogP) is 3.74. The molecule has 2 N–H and O–H groups in total. The SMILES string of the molecule is CC(C)NC(=O)c1nc(C(=O)Nc2cccc(C(F)(F)F)c2)n2ccccc12. The molecule has 0 aliphatic carbocycles. The third kappa shape index (κ3) is 3.98. The van der Waals surface area contributed by atoms with E-state index in [2.05, 4.69) is 15.6 Å². The third-order valence-corrected chi connectivity index (χ3v) is 3.83. The van der Waals surface area contributed by atoms with Gasteiger partial charge in [-0.1, -0.05) is 12.1 Å². The van der Waals surface area contributed by atoms with Crippen LogP contribution in [-0.2, 0) is 6.18 Å². The van der Waals surface area contributed by atoms with Gasteiger partial charge in [-0.2, -0.15) is 13.2 Å². The Morgan fingerprint density at radius 1 is 1.07 bits per heavy atom. The minimum Gasteiger partial charge on any atom is -0.348 e. The molecule has 2 aromatic heterocycles. The van der Waals surface area contributed by atoms with Gasteiger partial charge in [0, 0.05) is 17.9 Å². The zero-order chi connectivity index (χ0) is 20.5. The van der Waals surface area contributed by atoms with Crippen LogP contribution in [0.25, 0.3) is 5.52 Å². The highest BCUT2D eigenvalue weighted by Crippen LogP contribution is 2.30. The highest BCUT2D eigenvalue weighted by Gasteiger charge is 2.30. The summed E-state index contributed by atoms with van der Waals surface area (Å²) in [7, 11) is 0. The van der Waals surface area contributed by atoms with Gasteiger partial charge in [-0.3, -0.25) is 14.0 Å². The molecule has 0 spiro atoms. The average molecular weight is 390 g/mol. The van der Waals surface area contributed by atoms with Crippen molar-refractivity contribution in [3.05, 3.63) is 65.7 Å². The van der Waals surface area contributed by atoms with Crippen LogP contribution < -0.4 is 10.6 Å². The van der Waals surface area contributed by atoms with Crippen molar-refractivity contribution in [3.8, 4) is 0 Å². The summed E-state index contributed by atoms with van der Waals surface area (Å²) in [5, 5.41) is 5.11. The second-order valence-electron chi connectivity index (χ2n) is 6.40. The summed E-state index contributed by atoms with van der Waals surface area (Å²) in [5.74, 6) is -1.29. The molecule has 0 bridgehead atoms. The fraction of sp³-hybridized carbons (Fsp3) is 0.211. The Hall–Kier alpha value is -3.36. The first kappa shape index (κ1) is 19.4. The molecule has 3 aromatic rings. The van der Waals surface area contributed by atoms with Crippen molar-refractivity contribution in [1.82, 2.24) is 14.7 Å². The fourth-order valence-electron chi connectivity index (χ4n) is 2.66. The molecule has 28 heavy (non-hydrogen) atoms. The van der Waals surface area contributed by atoms with E-state index in [9.17, 15) is 22.8 Å². The highest BCUT2D eigenvalue weighted by molar-refractivity contribution is 6.06. The maximum atomic E-state index is 12.9. The number of nitrogens with one attached hydrogen (secondary N) is 2. The summed E-state index contributed by atoms with van der Waals surface area (Å²) >= 11 is 0. The number of anilines is 1. The Morgan fingerprint density at radius 3 is 2.50 bits per heavy atom. The predicted molar refractivity (Wildman–Crippen MR) is 97.2 cm³/mol. The molecule has 2 heterocycles. The number of carbonyl (C=O) groups is 2. The smallest absolute Gasteiger partial charge is 0.348 e. The zero-order valence-electron chi connectivity index (χ0n) is 15.0. The normalized spacial score (nSPS) is 11.6. The standard InChI is InChI=1S/C19H17F3N4O2/c1-11(2)23-17(27)15-14-8-3-4-9-26(14)16(25-15)18(28)24-13-7-5-6-12(10-13)19(20,21)22/h3-11H,1-2H3,(H,23,27)(H,24,28). The van der Waals surface area contributed by atoms with Gasteiger partial charge in [-0.05, 0) is 44.2 Å². The lowest BCUT2D eigenvalue weighted by Gasteiger charge is -2.09. The number of amides is 2. The molecule has 146 valence electrons. The number of imidazole rings is 1. The molecule has 0 aliphatic rings. The Bertz CT molecular complexity index is 1040. The summed E-state index contributed by atoms with van der Waals surface area (Å²) in [6, 6.07) is 9.13. The van der Waals surface area contributed by atoms with Gasteiger partial charge in [0.1, 0.15) is 0 Å². The molecular weight excluding hydrogens is 373 g/mol. The Labute approximate surface area is 158 Å². The van der Waals surface area contributed by atoms with Crippen molar-refractivity contribution in [3.63, 3.8) is 0 Å². The van der Waals surface area contributed by atoms with Crippen molar-refractivity contribution in [2.24, 2.45) is 0 Å². The van der Waals surface area contributed by atoms with Crippen molar-refractivity contribution in [1.29, 1.82) is 0 Å². The number of hydrogen-bond donors (Lipinski definition) is 2. The van der Waals surface area contributed by atoms with Crippen LogP contribution in [0.5, 0.6) is 0 Å². The van der Waals surface area contributed by atoms with Gasteiger partial charge in [0.15, 0.2) is 5.69 Å². The molecule has 1 aromatic carbocycles. The Morgan fingerprint density at radius 2 is 1.82 bits per heavy atom. The number of alkyl halides is 3. The van der Waals surface area contributed by atoms with Crippen LogP contribution in [0.15, 0.2) is 48.7 Å². The maximum Gasteiger partial charge on any atom is 0.416 e. The Balaban J connectivity index is 1.96. The van der Waals surface area contributed by atoms with Crippen molar-refractivity contribution >= 4 is 23.0 Å². The minimum absolute atomic E-state index is 0.0271. The van der Waals surface area contributed by atoms with Gasteiger partial charge >= 0.3 is 6.18 Å². The molecule has 0 atom stereocenters.